The third-order valence-corrected chi connectivity index (χ3v) is 0.912. The van der Waals surface area contributed by atoms with E-state index in [4.69, 9.17) is 0 Å². The van der Waals surface area contributed by atoms with E-state index >= 15 is 0 Å². The highest BCUT2D eigenvalue weighted by Gasteiger charge is 2.13. The van der Waals surface area contributed by atoms with E-state index in [1.165, 1.54) is 0 Å². The molecule has 1 unspecified atom stereocenters. The fourth-order valence-corrected chi connectivity index (χ4v) is 0.377. The minimum atomic E-state index is -0.653. The number of rotatable bonds is 1. The molecule has 0 heterocycles. The third-order valence-electron chi connectivity index (χ3n) is 0.719. The fraction of sp³-hybridized carbons (Fsp3) is 0.833. The molecular weight excluding hydrogens is 151 g/mol. The minimum absolute atomic E-state index is 0.00113. The van der Waals surface area contributed by atoms with E-state index in [1.807, 2.05) is 30.2 Å². The van der Waals surface area contributed by atoms with Gasteiger partial charge in [-0.25, -0.2) is 4.79 Å². The van der Waals surface area contributed by atoms with Crippen molar-refractivity contribution in [2.24, 2.45) is 5.41 Å². The number of hydrogen-bond donors (Lipinski definition) is 0. The van der Waals surface area contributed by atoms with E-state index in [-0.39, 0.29) is 5.41 Å². The maximum absolute atomic E-state index is 10.4. The van der Waals surface area contributed by atoms with Gasteiger partial charge in [0.25, 0.3) is 0 Å². The monoisotopic (exact) mass is 164 g/mol. The second kappa shape index (κ2) is 3.77. The molecule has 0 bridgehead atoms. The molecule has 3 nitrogen and oxygen atoms in total. The molecule has 0 aliphatic heterocycles. The zero-order valence-corrected chi connectivity index (χ0v) is 7.66. The fourth-order valence-electron chi connectivity index (χ4n) is 0.309. The van der Waals surface area contributed by atoms with Gasteiger partial charge in [-0.3, -0.25) is 0 Å². The lowest BCUT2D eigenvalue weighted by atomic mass is 9.99. The summed E-state index contributed by atoms with van der Waals surface area (Å²) in [6, 6.07) is 0. The summed E-state index contributed by atoms with van der Waals surface area (Å²) in [6.07, 6.45) is -0.653. The van der Waals surface area contributed by atoms with Gasteiger partial charge in [-0.1, -0.05) is 20.8 Å². The van der Waals surface area contributed by atoms with Gasteiger partial charge in [0.05, 0.1) is 16.1 Å². The van der Waals surface area contributed by atoms with Crippen LogP contribution in [0.5, 0.6) is 0 Å². The highest BCUT2D eigenvalue weighted by Crippen LogP contribution is 2.13. The van der Waals surface area contributed by atoms with Crippen molar-refractivity contribution in [3.8, 4) is 0 Å². The van der Waals surface area contributed by atoms with Crippen molar-refractivity contribution in [2.45, 2.75) is 20.8 Å². The maximum Gasteiger partial charge on any atom is 0.510 e. The van der Waals surface area contributed by atoms with Gasteiger partial charge in [0.2, 0.25) is 0 Å². The summed E-state index contributed by atoms with van der Waals surface area (Å²) >= 11 is 0. The molecule has 0 rings (SSSR count). The molecular formula is C6H13O3P. The van der Waals surface area contributed by atoms with E-state index in [0.29, 0.717) is 6.61 Å². The Balaban J connectivity index is 3.46. The van der Waals surface area contributed by atoms with E-state index in [0.717, 1.165) is 0 Å². The van der Waals surface area contributed by atoms with Crippen LogP contribution in [0.15, 0.2) is 0 Å². The average Bonchev–Trinajstić information content (AvgIpc) is 1.81. The minimum Gasteiger partial charge on any atom is -0.434 e. The Hall–Kier alpha value is -0.300. The maximum atomic E-state index is 10.4. The molecule has 0 aliphatic carbocycles. The van der Waals surface area contributed by atoms with Crippen molar-refractivity contribution in [3.63, 3.8) is 0 Å². The van der Waals surface area contributed by atoms with E-state index in [9.17, 15) is 4.79 Å². The molecule has 0 saturated carbocycles. The second-order valence-electron chi connectivity index (χ2n) is 3.22. The van der Waals surface area contributed by atoms with E-state index in [1.54, 1.807) is 0 Å². The summed E-state index contributed by atoms with van der Waals surface area (Å²) in [4.78, 5) is 10.4. The van der Waals surface area contributed by atoms with Gasteiger partial charge in [-0.15, -0.1) is 0 Å². The van der Waals surface area contributed by atoms with Crippen LogP contribution in [0.4, 0.5) is 4.79 Å². The number of ether oxygens (including phenoxy) is 1. The lowest BCUT2D eigenvalue weighted by molar-refractivity contribution is 0.0736. The first-order valence-corrected chi connectivity index (χ1v) is 3.46. The topological polar surface area (TPSA) is 35.5 Å². The van der Waals surface area contributed by atoms with Crippen LogP contribution in [0, 0.1) is 5.41 Å². The molecule has 0 fully saturated rings. The summed E-state index contributed by atoms with van der Waals surface area (Å²) in [6.45, 7) is 6.30. The normalized spacial score (nSPS) is 10.8. The van der Waals surface area contributed by atoms with Crippen LogP contribution in [0.2, 0.25) is 0 Å². The zero-order valence-electron chi connectivity index (χ0n) is 6.51. The first-order chi connectivity index (χ1) is 4.45. The van der Waals surface area contributed by atoms with Crippen LogP contribution < -0.4 is 0 Å². The smallest absolute Gasteiger partial charge is 0.434 e. The number of hydrogen-bond acceptors (Lipinski definition) is 3. The summed E-state index contributed by atoms with van der Waals surface area (Å²) < 4.78 is 8.87. The molecule has 0 aromatic rings. The van der Waals surface area contributed by atoms with Crippen molar-refractivity contribution < 1.29 is 14.1 Å². The lowest BCUT2D eigenvalue weighted by Crippen LogP contribution is -2.17. The van der Waals surface area contributed by atoms with E-state index in [2.05, 4.69) is 9.26 Å². The van der Waals surface area contributed by atoms with Crippen LogP contribution in [-0.2, 0) is 9.26 Å². The number of carbonyl (C=O) groups excluding carboxylic acids is 1. The Kier molecular flexibility index (Phi) is 3.66. The predicted molar refractivity (Wildman–Crippen MR) is 41.6 cm³/mol. The third kappa shape index (κ3) is 5.83. The SMILES string of the molecule is CC(C)(C)COC(=O)OP. The van der Waals surface area contributed by atoms with Crippen molar-refractivity contribution in [3.05, 3.63) is 0 Å². The molecule has 4 heteroatoms. The van der Waals surface area contributed by atoms with Crippen LogP contribution >= 0.6 is 9.47 Å². The molecule has 1 atom stereocenters. The molecule has 10 heavy (non-hydrogen) atoms. The summed E-state index contributed by atoms with van der Waals surface area (Å²) in [5, 5.41) is 0. The second-order valence-corrected chi connectivity index (χ2v) is 3.45. The van der Waals surface area contributed by atoms with Gasteiger partial charge >= 0.3 is 6.16 Å². The summed E-state index contributed by atoms with van der Waals surface area (Å²) in [5.41, 5.74) is -0.00113. The molecule has 0 N–H and O–H groups in total. The van der Waals surface area contributed by atoms with Gasteiger partial charge in [0.15, 0.2) is 0 Å². The predicted octanol–water partition coefficient (Wildman–Crippen LogP) is 1.98. The van der Waals surface area contributed by atoms with Crippen molar-refractivity contribution >= 4 is 15.6 Å². The van der Waals surface area contributed by atoms with Gasteiger partial charge in [-0.05, 0) is 5.41 Å². The number of carbonyl (C=O) groups is 1. The van der Waals surface area contributed by atoms with Crippen molar-refractivity contribution in [1.82, 2.24) is 0 Å². The molecule has 0 aliphatic rings. The van der Waals surface area contributed by atoms with E-state index < -0.39 is 6.16 Å². The quantitative estimate of drug-likeness (QED) is 0.439. The van der Waals surface area contributed by atoms with Crippen molar-refractivity contribution in [1.29, 1.82) is 0 Å². The molecule has 0 aromatic heterocycles. The average molecular weight is 164 g/mol. The molecule has 0 radical (unpaired) electrons. The van der Waals surface area contributed by atoms with Gasteiger partial charge in [-0.2, -0.15) is 0 Å². The first-order valence-electron chi connectivity index (χ1n) is 2.99. The molecule has 60 valence electrons. The Labute approximate surface area is 63.4 Å². The van der Waals surface area contributed by atoms with Gasteiger partial charge in [0, 0.05) is 0 Å². The highest BCUT2D eigenvalue weighted by molar-refractivity contribution is 7.10. The van der Waals surface area contributed by atoms with Crippen LogP contribution in [0.1, 0.15) is 20.8 Å². The Morgan fingerprint density at radius 1 is 1.50 bits per heavy atom. The zero-order chi connectivity index (χ0) is 8.20. The Bertz CT molecular complexity index is 117. The molecule has 0 saturated heterocycles. The first kappa shape index (κ1) is 9.70. The highest BCUT2D eigenvalue weighted by atomic mass is 31.0. The molecule has 0 spiro atoms. The van der Waals surface area contributed by atoms with Gasteiger partial charge in [0.1, 0.15) is 0 Å². The summed E-state index contributed by atoms with van der Waals surface area (Å²) in [7, 11) is 1.83. The van der Waals surface area contributed by atoms with Crippen molar-refractivity contribution in [2.75, 3.05) is 6.61 Å². The largest absolute Gasteiger partial charge is 0.510 e. The van der Waals surface area contributed by atoms with Gasteiger partial charge < -0.3 is 9.26 Å². The Morgan fingerprint density at radius 2 is 2.00 bits per heavy atom. The van der Waals surface area contributed by atoms with Crippen LogP contribution in [0.3, 0.4) is 0 Å². The van der Waals surface area contributed by atoms with Crippen LogP contribution in [0.25, 0.3) is 0 Å². The summed E-state index contributed by atoms with van der Waals surface area (Å²) in [5.74, 6) is 0. The molecule has 0 amide bonds. The van der Waals surface area contributed by atoms with Crippen LogP contribution in [-0.4, -0.2) is 12.8 Å². The Morgan fingerprint density at radius 3 is 2.30 bits per heavy atom. The standard InChI is InChI=1S/C6H13O3P/c1-6(2,3)4-8-5(7)9-10/h4,10H2,1-3H3. The lowest BCUT2D eigenvalue weighted by Gasteiger charge is -2.16. The molecule has 0 aromatic carbocycles.